The number of rotatable bonds is 71. The van der Waals surface area contributed by atoms with Crippen LogP contribution in [0.3, 0.4) is 0 Å². The number of likely N-dealkylation sites (N-methyl/N-ethyl adjacent to an activating group) is 1. The van der Waals surface area contributed by atoms with Crippen LogP contribution in [0.15, 0.2) is 0 Å². The molecule has 0 saturated carbocycles. The number of methoxy groups -OCH3 is 7. The van der Waals surface area contributed by atoms with Gasteiger partial charge in [0.2, 0.25) is 82.7 Å². The van der Waals surface area contributed by atoms with Gasteiger partial charge in [0.1, 0.15) is 11.8 Å². The van der Waals surface area contributed by atoms with Gasteiger partial charge in [0.25, 0.3) is 0 Å². The second-order valence-electron chi connectivity index (χ2n) is 30.2. The number of unbranched alkanes of at least 4 members (excludes halogenated alkanes) is 6. The molecule has 0 spiro atoms. The number of hydrogen-bond donors (Lipinski definition) is 8. The number of ether oxygens (including phenoxy) is 7. The van der Waals surface area contributed by atoms with Crippen molar-refractivity contribution in [2.75, 3.05) is 286 Å². The van der Waals surface area contributed by atoms with Crippen LogP contribution in [0.4, 0.5) is 0 Å². The summed E-state index contributed by atoms with van der Waals surface area (Å²) in [4.78, 5) is 214. The van der Waals surface area contributed by atoms with Crippen LogP contribution in [0.5, 0.6) is 0 Å². The molecule has 0 aromatic carbocycles. The van der Waals surface area contributed by atoms with Gasteiger partial charge in [-0.15, -0.1) is 0 Å². The van der Waals surface area contributed by atoms with Crippen LogP contribution in [0, 0.1) is 5.92 Å². The van der Waals surface area contributed by atoms with Gasteiger partial charge in [-0.25, -0.2) is 0 Å². The van der Waals surface area contributed by atoms with Gasteiger partial charge in [0.05, 0.1) is 118 Å². The van der Waals surface area contributed by atoms with E-state index < -0.39 is 111 Å². The number of thioether (sulfide) groups is 1. The summed E-state index contributed by atoms with van der Waals surface area (Å²) in [6.07, 6.45) is 9.52. The molecule has 13 N–H and O–H groups in total. The lowest BCUT2D eigenvalue weighted by Gasteiger charge is -2.33. The van der Waals surface area contributed by atoms with Crippen LogP contribution in [-0.2, 0) is 105 Å². The minimum absolute atomic E-state index is 0.0121. The lowest BCUT2D eigenvalue weighted by atomic mass is 9.97. The first-order valence-corrected chi connectivity index (χ1v) is 43.4. The Morgan fingerprint density at radius 3 is 1.04 bits per heavy atom. The predicted molar refractivity (Wildman–Crippen MR) is 459 cm³/mol. The Labute approximate surface area is 726 Å². The first-order chi connectivity index (χ1) is 58.5. The van der Waals surface area contributed by atoms with Crippen molar-refractivity contribution in [3.63, 3.8) is 0 Å². The Bertz CT molecular complexity index is 3100. The highest BCUT2D eigenvalue weighted by Crippen LogP contribution is 2.39. The molecule has 0 bridgehead atoms. The van der Waals surface area contributed by atoms with Crippen molar-refractivity contribution in [1.29, 1.82) is 0 Å². The van der Waals surface area contributed by atoms with Gasteiger partial charge in [-0.05, 0) is 135 Å². The molecule has 2 aliphatic heterocycles. The SMILES string of the molecule is COCCN(C)CC(=O)N[C@@H](CCCCNC(=O)CCCCC1SC[C@@H]2CC(=O)N[C@H]12)C(N)=O.COCCN(CC(=O)N(CCCCN)CC(=O)N(CCOC)CC(=O)N(CCCCN)CC(=O)N(CCOC)CC(=O)N(CCOC)CC(=O)N(CCCCN)CC(=O)N(CCOC)CC(=O)N(CCCCN)CC(=O)N(CCOC)CC(C)=O)C(C)=O. The molecular weight excluding hydrogens is 1610 g/mol. The summed E-state index contributed by atoms with van der Waals surface area (Å²) in [5.41, 5.74) is 28.6. The van der Waals surface area contributed by atoms with E-state index in [0.29, 0.717) is 133 Å². The van der Waals surface area contributed by atoms with Gasteiger partial charge >= 0.3 is 0 Å². The topological polar surface area (TPSA) is 522 Å². The van der Waals surface area contributed by atoms with Gasteiger partial charge in [-0.1, -0.05) is 6.42 Å². The average molecular weight is 1760 g/mol. The van der Waals surface area contributed by atoms with Gasteiger partial charge in [-0.2, -0.15) is 11.8 Å². The van der Waals surface area contributed by atoms with E-state index in [2.05, 4.69) is 16.0 Å². The van der Waals surface area contributed by atoms with Crippen LogP contribution in [0.25, 0.3) is 0 Å². The zero-order valence-corrected chi connectivity index (χ0v) is 75.4. The molecule has 2 aliphatic rings. The van der Waals surface area contributed by atoms with Gasteiger partial charge < -0.3 is 127 Å². The average Bonchev–Trinajstić information content (AvgIpc) is 1.66. The number of nitrogens with zero attached hydrogens (tertiary/aromatic N) is 11. The van der Waals surface area contributed by atoms with Crippen LogP contribution in [0.2, 0.25) is 0 Å². The molecule has 1 unspecified atom stereocenters. The van der Waals surface area contributed by atoms with E-state index in [-0.39, 0.29) is 174 Å². The monoisotopic (exact) mass is 1760 g/mol. The molecule has 0 aromatic heterocycles. The highest BCUT2D eigenvalue weighted by molar-refractivity contribution is 8.00. The number of carbonyl (C=O) groups excluding carboxylic acids is 15. The molecule has 0 aromatic rings. The first kappa shape index (κ1) is 112. The van der Waals surface area contributed by atoms with Crippen molar-refractivity contribution in [2.45, 2.75) is 134 Å². The van der Waals surface area contributed by atoms with Gasteiger partial charge in [0, 0.05) is 159 Å². The van der Waals surface area contributed by atoms with Crippen molar-refractivity contribution in [3.05, 3.63) is 0 Å². The predicted octanol–water partition coefficient (Wildman–Crippen LogP) is -4.28. The van der Waals surface area contributed by atoms with Gasteiger partial charge in [0.15, 0.2) is 0 Å². The quantitative estimate of drug-likeness (QED) is 0.0267. The number of hydrogen-bond acceptors (Lipinski definition) is 28. The van der Waals surface area contributed by atoms with Gasteiger partial charge in [-0.3, -0.25) is 76.8 Å². The second-order valence-corrected chi connectivity index (χ2v) is 31.5. The van der Waals surface area contributed by atoms with E-state index in [4.69, 9.17) is 61.8 Å². The number of Topliss-reactive ketones (excluding diaryl/α,β-unsaturated/α-hetero) is 1. The van der Waals surface area contributed by atoms with E-state index in [1.54, 1.807) is 14.2 Å². The molecule has 2 fully saturated rings. The molecule has 2 rings (SSSR count). The molecule has 41 nitrogen and oxygen atoms in total. The molecule has 0 radical (unpaired) electrons. The smallest absolute Gasteiger partial charge is 0.242 e. The molecule has 122 heavy (non-hydrogen) atoms. The lowest BCUT2D eigenvalue weighted by molar-refractivity contribution is -0.149. The number of nitrogens with two attached hydrogens (primary N) is 5. The Balaban J connectivity index is 0.00000180. The lowest BCUT2D eigenvalue weighted by Crippen LogP contribution is -2.53. The van der Waals surface area contributed by atoms with E-state index >= 15 is 0 Å². The van der Waals surface area contributed by atoms with E-state index in [1.165, 1.54) is 106 Å². The van der Waals surface area contributed by atoms with Crippen molar-refractivity contribution in [1.82, 2.24) is 69.8 Å². The van der Waals surface area contributed by atoms with E-state index in [1.807, 2.05) is 16.7 Å². The molecule has 2 saturated heterocycles. The van der Waals surface area contributed by atoms with Crippen molar-refractivity contribution < 1.29 is 105 Å². The summed E-state index contributed by atoms with van der Waals surface area (Å²) >= 11 is 1.95. The number of carbonyl (C=O) groups is 15. The molecule has 2 heterocycles. The Morgan fingerprint density at radius 1 is 0.402 bits per heavy atom. The first-order valence-electron chi connectivity index (χ1n) is 42.4. The third-order valence-electron chi connectivity index (χ3n) is 20.3. The maximum absolute atomic E-state index is 14.5. The summed E-state index contributed by atoms with van der Waals surface area (Å²) in [5.74, 6) is -5.12. The maximum atomic E-state index is 14.5. The minimum Gasteiger partial charge on any atom is -0.383 e. The summed E-state index contributed by atoms with van der Waals surface area (Å²) < 4.78 is 36.4. The Hall–Kier alpha value is -7.88. The zero-order chi connectivity index (χ0) is 91.2. The van der Waals surface area contributed by atoms with E-state index in [0.717, 1.165) is 25.0 Å². The third kappa shape index (κ3) is 49.0. The minimum atomic E-state index is -0.711. The van der Waals surface area contributed by atoms with Crippen LogP contribution in [0.1, 0.15) is 117 Å². The largest absolute Gasteiger partial charge is 0.383 e. The Kier molecular flexibility index (Phi) is 62.9. The van der Waals surface area contributed by atoms with Crippen LogP contribution < -0.4 is 44.6 Å². The summed E-state index contributed by atoms with van der Waals surface area (Å²) in [6, 6.07) is -0.395. The highest BCUT2D eigenvalue weighted by atomic mass is 32.2. The van der Waals surface area contributed by atoms with Crippen molar-refractivity contribution in [3.8, 4) is 0 Å². The molecule has 702 valence electrons. The zero-order valence-electron chi connectivity index (χ0n) is 74.6. The number of primary amides is 1. The molecule has 4 atom stereocenters. The normalized spacial score (nSPS) is 14.1. The van der Waals surface area contributed by atoms with Crippen molar-refractivity contribution in [2.24, 2.45) is 34.6 Å². The summed E-state index contributed by atoms with van der Waals surface area (Å²) in [5, 5.41) is 9.18. The number of nitrogens with one attached hydrogen (secondary N) is 3. The highest BCUT2D eigenvalue weighted by Gasteiger charge is 2.43. The second kappa shape index (κ2) is 68.5. The molecule has 42 heteroatoms. The van der Waals surface area contributed by atoms with Crippen LogP contribution in [-0.4, -0.2) is 445 Å². The fourth-order valence-corrected chi connectivity index (χ4v) is 14.7. The summed E-state index contributed by atoms with van der Waals surface area (Å²) in [6.45, 7) is 1.73. The molecule has 0 aliphatic carbocycles. The van der Waals surface area contributed by atoms with Crippen molar-refractivity contribution >= 4 is 100 Å². The standard InChI is InChI=1S/C57H108N14O17.C23H41N5O5S/c1-47(72)37-67(26-32-84-4)53(78)39-64(22-14-10-18-59)50(75)43-69(28-34-86-6)55(80)41-65(23-15-11-19-60)52(77)45-70(29-35-87-7)57(82)46-71(30-36-88-8)56(81)42-66(24-16-12-20-61)51(76)44-68(27-33-85-5)54(79)40-63(21-13-9-17-58)49(74)38-62(48(2)73)25-31-83-3;1-28(11-12-33-2)14-21(31)26-17(23(24)32)7-5-6-10-25-19(29)9-4-3-8-18-22-16(15-34-18)13-20(30)27-22/h9-46,58-61H2,1-8H3;16-18,22H,3-15H2,1-2H3,(H2,24,32)(H,25,29)(H,26,31)(H,27,30)/t;16-,17-,18?,22-/m.0/s1. The number of ketones is 1. The Morgan fingerprint density at radius 2 is 0.721 bits per heavy atom. The maximum Gasteiger partial charge on any atom is 0.242 e. The number of fused-ring (bicyclic) bond motifs is 1. The molecular formula is C80H149N19O22S. The third-order valence-corrected chi connectivity index (χ3v) is 21.8. The number of amides is 14. The summed E-state index contributed by atoms with van der Waals surface area (Å²) in [7, 11) is 12.0. The van der Waals surface area contributed by atoms with Crippen LogP contribution >= 0.6 is 11.8 Å². The fraction of sp³-hybridized carbons (Fsp3) is 0.812. The fourth-order valence-electron chi connectivity index (χ4n) is 13.0. The van der Waals surface area contributed by atoms with E-state index in [9.17, 15) is 71.9 Å². The molecule has 14 amide bonds.